The fraction of sp³-hybridized carbons (Fsp3) is 0.458. The Morgan fingerprint density at radius 2 is 1.54 bits per heavy atom. The minimum atomic E-state index is -1.91. The lowest BCUT2D eigenvalue weighted by atomic mass is 9.65. The van der Waals surface area contributed by atoms with Gasteiger partial charge in [0, 0.05) is 18.3 Å². The third-order valence-electron chi connectivity index (χ3n) is 6.64. The number of carbonyl (C=O) groups excluding carboxylic acids is 1. The summed E-state index contributed by atoms with van der Waals surface area (Å²) in [5, 5.41) is 0.129. The molecule has 0 spiro atoms. The van der Waals surface area contributed by atoms with Gasteiger partial charge in [-0.25, -0.2) is 4.39 Å². The van der Waals surface area contributed by atoms with Crippen molar-refractivity contribution in [2.75, 3.05) is 0 Å². The Hall–Kier alpha value is -1.94. The second-order valence-corrected chi connectivity index (χ2v) is 14.2. The van der Waals surface area contributed by atoms with Crippen LogP contribution in [0.15, 0.2) is 48.5 Å². The van der Waals surface area contributed by atoms with E-state index in [0.29, 0.717) is 31.2 Å². The Bertz CT molecular complexity index is 840. The SMILES string of the molecule is CC(C)(C)[Si](C)(C)Oc1ccc(C2(c3ccccc3F)CCC(=O)CC2)cc1. The molecule has 1 fully saturated rings. The molecule has 0 amide bonds. The van der Waals surface area contributed by atoms with Crippen molar-refractivity contribution in [3.8, 4) is 5.75 Å². The van der Waals surface area contributed by atoms with Crippen molar-refractivity contribution in [3.63, 3.8) is 0 Å². The van der Waals surface area contributed by atoms with Crippen molar-refractivity contribution in [1.29, 1.82) is 0 Å². The zero-order valence-corrected chi connectivity index (χ0v) is 18.6. The normalized spacial score (nSPS) is 17.4. The van der Waals surface area contributed by atoms with Gasteiger partial charge in [0.05, 0.1) is 0 Å². The molecule has 4 heteroatoms. The van der Waals surface area contributed by atoms with E-state index in [4.69, 9.17) is 4.43 Å². The molecule has 0 unspecified atom stereocenters. The van der Waals surface area contributed by atoms with Gasteiger partial charge in [-0.15, -0.1) is 0 Å². The van der Waals surface area contributed by atoms with Gasteiger partial charge >= 0.3 is 0 Å². The number of rotatable bonds is 4. The molecule has 1 saturated carbocycles. The van der Waals surface area contributed by atoms with Crippen LogP contribution in [0.3, 0.4) is 0 Å². The molecule has 2 aromatic carbocycles. The molecule has 150 valence electrons. The highest BCUT2D eigenvalue weighted by molar-refractivity contribution is 6.74. The van der Waals surface area contributed by atoms with Gasteiger partial charge in [0.2, 0.25) is 8.32 Å². The van der Waals surface area contributed by atoms with Gasteiger partial charge in [0.25, 0.3) is 0 Å². The van der Waals surface area contributed by atoms with Crippen LogP contribution >= 0.6 is 0 Å². The highest BCUT2D eigenvalue weighted by atomic mass is 28.4. The topological polar surface area (TPSA) is 26.3 Å². The average molecular weight is 399 g/mol. The maximum Gasteiger partial charge on any atom is 0.250 e. The second-order valence-electron chi connectivity index (χ2n) is 9.49. The number of Topliss-reactive ketones (excluding diaryl/α,β-unsaturated/α-hetero) is 1. The van der Waals surface area contributed by atoms with Gasteiger partial charge in [0.1, 0.15) is 17.3 Å². The van der Waals surface area contributed by atoms with E-state index < -0.39 is 13.7 Å². The quantitative estimate of drug-likeness (QED) is 0.540. The van der Waals surface area contributed by atoms with Crippen LogP contribution in [0.4, 0.5) is 4.39 Å². The van der Waals surface area contributed by atoms with Crippen LogP contribution in [0.2, 0.25) is 18.1 Å². The molecule has 0 aromatic heterocycles. The standard InChI is InChI=1S/C24H31FO2Si/c1-23(2,3)28(4,5)27-20-12-10-18(11-13-20)24(16-14-19(26)15-17-24)21-8-6-7-9-22(21)25/h6-13H,14-17H2,1-5H3. The fourth-order valence-corrected chi connectivity index (χ4v) is 4.84. The Morgan fingerprint density at radius 3 is 2.07 bits per heavy atom. The lowest BCUT2D eigenvalue weighted by Gasteiger charge is -2.39. The number of ketones is 1. The number of halogens is 1. The average Bonchev–Trinajstić information content (AvgIpc) is 2.63. The van der Waals surface area contributed by atoms with Crippen molar-refractivity contribution >= 4 is 14.1 Å². The summed E-state index contributed by atoms with van der Waals surface area (Å²) in [6.07, 6.45) is 2.29. The first-order valence-electron chi connectivity index (χ1n) is 10.1. The summed E-state index contributed by atoms with van der Waals surface area (Å²) in [6.45, 7) is 11.1. The van der Waals surface area contributed by atoms with Gasteiger partial charge in [-0.1, -0.05) is 51.1 Å². The zero-order chi connectivity index (χ0) is 20.6. The minimum absolute atomic E-state index is 0.129. The van der Waals surface area contributed by atoms with E-state index in [0.717, 1.165) is 11.3 Å². The van der Waals surface area contributed by atoms with E-state index in [9.17, 15) is 9.18 Å². The summed E-state index contributed by atoms with van der Waals surface area (Å²) < 4.78 is 21.1. The number of carbonyl (C=O) groups is 1. The van der Waals surface area contributed by atoms with Crippen molar-refractivity contribution in [1.82, 2.24) is 0 Å². The fourth-order valence-electron chi connectivity index (χ4n) is 3.81. The molecule has 0 radical (unpaired) electrons. The van der Waals surface area contributed by atoms with Gasteiger partial charge in [-0.3, -0.25) is 4.79 Å². The number of hydrogen-bond acceptors (Lipinski definition) is 2. The summed E-state index contributed by atoms with van der Waals surface area (Å²) >= 11 is 0. The van der Waals surface area contributed by atoms with Crippen LogP contribution in [0.5, 0.6) is 5.75 Å². The predicted molar refractivity (Wildman–Crippen MR) is 115 cm³/mol. The first kappa shape index (κ1) is 20.8. The number of hydrogen-bond donors (Lipinski definition) is 0. The van der Waals surface area contributed by atoms with Crippen molar-refractivity contribution in [3.05, 3.63) is 65.5 Å². The summed E-state index contributed by atoms with van der Waals surface area (Å²) in [5.74, 6) is 0.939. The molecule has 1 aliphatic rings. The first-order chi connectivity index (χ1) is 13.1. The molecule has 0 saturated heterocycles. The van der Waals surface area contributed by atoms with E-state index in [2.05, 4.69) is 46.0 Å². The van der Waals surface area contributed by atoms with Crippen LogP contribution in [0.1, 0.15) is 57.6 Å². The molecule has 28 heavy (non-hydrogen) atoms. The lowest BCUT2D eigenvalue weighted by molar-refractivity contribution is -0.121. The van der Waals surface area contributed by atoms with Crippen LogP contribution in [0.25, 0.3) is 0 Å². The van der Waals surface area contributed by atoms with Gasteiger partial charge in [-0.2, -0.15) is 0 Å². The van der Waals surface area contributed by atoms with Gasteiger partial charge in [-0.05, 0) is 60.3 Å². The van der Waals surface area contributed by atoms with Crippen LogP contribution < -0.4 is 4.43 Å². The van der Waals surface area contributed by atoms with Crippen molar-refractivity contribution in [2.24, 2.45) is 0 Å². The maximum atomic E-state index is 14.7. The molecular weight excluding hydrogens is 367 g/mol. The maximum absolute atomic E-state index is 14.7. The molecule has 0 bridgehead atoms. The molecule has 3 rings (SSSR count). The smallest absolute Gasteiger partial charge is 0.250 e. The lowest BCUT2D eigenvalue weighted by Crippen LogP contribution is -2.43. The molecule has 2 nitrogen and oxygen atoms in total. The summed E-state index contributed by atoms with van der Waals surface area (Å²) in [5.41, 5.74) is 1.31. The van der Waals surface area contributed by atoms with Crippen molar-refractivity contribution in [2.45, 2.75) is 70.0 Å². The van der Waals surface area contributed by atoms with E-state index in [1.54, 1.807) is 6.07 Å². The summed E-state index contributed by atoms with van der Waals surface area (Å²) in [6, 6.07) is 15.1. The highest BCUT2D eigenvalue weighted by Gasteiger charge is 2.41. The van der Waals surface area contributed by atoms with E-state index >= 15 is 0 Å². The first-order valence-corrected chi connectivity index (χ1v) is 13.0. The Kier molecular flexibility index (Phi) is 5.55. The largest absolute Gasteiger partial charge is 0.544 e. The summed E-state index contributed by atoms with van der Waals surface area (Å²) in [4.78, 5) is 11.9. The molecule has 1 aliphatic carbocycles. The molecule has 2 aromatic rings. The van der Waals surface area contributed by atoms with Crippen molar-refractivity contribution < 1.29 is 13.6 Å². The predicted octanol–water partition coefficient (Wildman–Crippen LogP) is 6.64. The van der Waals surface area contributed by atoms with Crippen LogP contribution in [-0.2, 0) is 10.2 Å². The van der Waals surface area contributed by atoms with Gasteiger partial charge < -0.3 is 4.43 Å². The van der Waals surface area contributed by atoms with Gasteiger partial charge in [0.15, 0.2) is 0 Å². The van der Waals surface area contributed by atoms with Crippen LogP contribution in [-0.4, -0.2) is 14.1 Å². The highest BCUT2D eigenvalue weighted by Crippen LogP contribution is 2.45. The monoisotopic (exact) mass is 398 g/mol. The molecular formula is C24H31FO2Si. The third-order valence-corrected chi connectivity index (χ3v) is 11.0. The Morgan fingerprint density at radius 1 is 0.964 bits per heavy atom. The molecule has 0 N–H and O–H groups in total. The Labute approximate surface area is 169 Å². The van der Waals surface area contributed by atoms with E-state index in [1.807, 2.05) is 24.3 Å². The second kappa shape index (κ2) is 7.47. The molecule has 0 aliphatic heterocycles. The zero-order valence-electron chi connectivity index (χ0n) is 17.6. The summed E-state index contributed by atoms with van der Waals surface area (Å²) in [7, 11) is -1.91. The molecule has 0 atom stereocenters. The Balaban J connectivity index is 1.96. The molecule has 0 heterocycles. The third kappa shape index (κ3) is 3.93. The van der Waals surface area contributed by atoms with Crippen LogP contribution in [0, 0.1) is 5.82 Å². The number of benzene rings is 2. The van der Waals surface area contributed by atoms with E-state index in [-0.39, 0.29) is 16.6 Å². The minimum Gasteiger partial charge on any atom is -0.544 e. The van der Waals surface area contributed by atoms with E-state index in [1.165, 1.54) is 6.07 Å².